The standard InChI is InChI=1S/C23H31N3O3S/c1-23(2,3)16-24-20-13-17(22(27)25-18-9-7-8-10-18)14-21(15-20)30(28,29)26-19-11-5-4-6-12-19/h4-6,11-15,18,24,26H,7-10,16H2,1-3H3,(H,25,27). The van der Waals surface area contributed by atoms with Crippen LogP contribution in [-0.2, 0) is 10.0 Å². The van der Waals surface area contributed by atoms with E-state index < -0.39 is 10.0 Å². The smallest absolute Gasteiger partial charge is 0.261 e. The van der Waals surface area contributed by atoms with Gasteiger partial charge in [0.25, 0.3) is 15.9 Å². The zero-order valence-corrected chi connectivity index (χ0v) is 18.7. The highest BCUT2D eigenvalue weighted by molar-refractivity contribution is 7.92. The Morgan fingerprint density at radius 2 is 1.67 bits per heavy atom. The largest absolute Gasteiger partial charge is 0.384 e. The minimum atomic E-state index is -3.84. The highest BCUT2D eigenvalue weighted by Crippen LogP contribution is 2.24. The maximum absolute atomic E-state index is 13.0. The van der Waals surface area contributed by atoms with Crippen molar-refractivity contribution in [1.29, 1.82) is 0 Å². The van der Waals surface area contributed by atoms with E-state index in [0.29, 0.717) is 23.5 Å². The van der Waals surface area contributed by atoms with Gasteiger partial charge >= 0.3 is 0 Å². The zero-order valence-electron chi connectivity index (χ0n) is 17.9. The first-order valence-corrected chi connectivity index (χ1v) is 11.9. The molecule has 0 saturated heterocycles. The van der Waals surface area contributed by atoms with Crippen LogP contribution in [0.15, 0.2) is 53.4 Å². The Morgan fingerprint density at radius 3 is 2.30 bits per heavy atom. The third-order valence-corrected chi connectivity index (χ3v) is 6.38. The van der Waals surface area contributed by atoms with Crippen LogP contribution >= 0.6 is 0 Å². The molecule has 1 fully saturated rings. The molecule has 1 aliphatic rings. The summed E-state index contributed by atoms with van der Waals surface area (Å²) in [6.45, 7) is 6.91. The Kier molecular flexibility index (Phi) is 6.71. The van der Waals surface area contributed by atoms with Gasteiger partial charge in [-0.25, -0.2) is 8.42 Å². The Morgan fingerprint density at radius 1 is 1.00 bits per heavy atom. The third-order valence-electron chi connectivity index (χ3n) is 5.02. The van der Waals surface area contributed by atoms with E-state index in [4.69, 9.17) is 0 Å². The number of hydrogen-bond acceptors (Lipinski definition) is 4. The summed E-state index contributed by atoms with van der Waals surface area (Å²) < 4.78 is 28.6. The SMILES string of the molecule is CC(C)(C)CNc1cc(C(=O)NC2CCCC2)cc(S(=O)(=O)Nc2ccccc2)c1. The fourth-order valence-corrected chi connectivity index (χ4v) is 4.54. The van der Waals surface area contributed by atoms with Gasteiger partial charge in [-0.3, -0.25) is 9.52 Å². The molecule has 0 radical (unpaired) electrons. The van der Waals surface area contributed by atoms with E-state index in [1.165, 1.54) is 6.07 Å². The molecule has 2 aromatic rings. The van der Waals surface area contributed by atoms with E-state index in [2.05, 4.69) is 36.1 Å². The van der Waals surface area contributed by atoms with Gasteiger partial charge in [-0.1, -0.05) is 51.8 Å². The molecule has 0 spiro atoms. The third kappa shape index (κ3) is 6.23. The van der Waals surface area contributed by atoms with E-state index in [9.17, 15) is 13.2 Å². The van der Waals surface area contributed by atoms with E-state index in [-0.39, 0.29) is 22.3 Å². The summed E-state index contributed by atoms with van der Waals surface area (Å²) in [6.07, 6.45) is 4.15. The first kappa shape index (κ1) is 22.2. The molecule has 162 valence electrons. The van der Waals surface area contributed by atoms with Crippen LogP contribution in [0.2, 0.25) is 0 Å². The molecule has 0 atom stereocenters. The summed E-state index contributed by atoms with van der Waals surface area (Å²) in [4.78, 5) is 12.9. The lowest BCUT2D eigenvalue weighted by Crippen LogP contribution is -2.32. The van der Waals surface area contributed by atoms with Gasteiger partial charge in [0, 0.05) is 29.5 Å². The molecule has 6 nitrogen and oxygen atoms in total. The maximum atomic E-state index is 13.0. The number of carbonyl (C=O) groups is 1. The zero-order chi connectivity index (χ0) is 21.8. The van der Waals surface area contributed by atoms with Gasteiger partial charge in [-0.15, -0.1) is 0 Å². The first-order valence-electron chi connectivity index (χ1n) is 10.4. The number of para-hydroxylation sites is 1. The number of sulfonamides is 1. The normalized spacial score (nSPS) is 15.0. The van der Waals surface area contributed by atoms with E-state index in [1.54, 1.807) is 36.4 Å². The number of carbonyl (C=O) groups excluding carboxylic acids is 1. The topological polar surface area (TPSA) is 87.3 Å². The van der Waals surface area contributed by atoms with Gasteiger partial charge in [0.1, 0.15) is 0 Å². The van der Waals surface area contributed by atoms with Gasteiger partial charge in [0.2, 0.25) is 0 Å². The quantitative estimate of drug-likeness (QED) is 0.599. The van der Waals surface area contributed by atoms with Gasteiger partial charge in [0.15, 0.2) is 0 Å². The monoisotopic (exact) mass is 429 g/mol. The minimum absolute atomic E-state index is 0.00341. The molecule has 0 aromatic heterocycles. The van der Waals surface area contributed by atoms with Crippen molar-refractivity contribution >= 4 is 27.3 Å². The molecule has 0 aliphatic heterocycles. The number of anilines is 2. The van der Waals surface area contributed by atoms with Crippen LogP contribution in [0, 0.1) is 5.41 Å². The predicted octanol–water partition coefficient (Wildman–Crippen LogP) is 4.62. The van der Waals surface area contributed by atoms with Crippen molar-refractivity contribution in [3.8, 4) is 0 Å². The van der Waals surface area contributed by atoms with Crippen LogP contribution < -0.4 is 15.4 Å². The summed E-state index contributed by atoms with van der Waals surface area (Å²) in [5.74, 6) is -0.238. The number of hydrogen-bond donors (Lipinski definition) is 3. The molecule has 0 heterocycles. The van der Waals surface area contributed by atoms with Crippen LogP contribution in [0.5, 0.6) is 0 Å². The van der Waals surface area contributed by atoms with Gasteiger partial charge in [0.05, 0.1) is 4.90 Å². The molecule has 30 heavy (non-hydrogen) atoms. The average molecular weight is 430 g/mol. The molecule has 3 rings (SSSR count). The average Bonchev–Trinajstić information content (AvgIpc) is 3.19. The maximum Gasteiger partial charge on any atom is 0.261 e. The van der Waals surface area contributed by atoms with E-state index in [1.807, 2.05) is 6.07 Å². The lowest BCUT2D eigenvalue weighted by atomic mass is 9.97. The molecule has 1 amide bonds. The van der Waals surface area contributed by atoms with Crippen molar-refractivity contribution in [2.45, 2.75) is 57.4 Å². The van der Waals surface area contributed by atoms with Crippen molar-refractivity contribution < 1.29 is 13.2 Å². The summed E-state index contributed by atoms with van der Waals surface area (Å²) in [5.41, 5.74) is 1.43. The molecule has 7 heteroatoms. The molecular formula is C23H31N3O3S. The van der Waals surface area contributed by atoms with Gasteiger partial charge < -0.3 is 10.6 Å². The van der Waals surface area contributed by atoms with Crippen LogP contribution in [0.1, 0.15) is 56.8 Å². The minimum Gasteiger partial charge on any atom is -0.384 e. The number of amides is 1. The van der Waals surface area contributed by atoms with Crippen LogP contribution in [-0.4, -0.2) is 26.9 Å². The van der Waals surface area contributed by atoms with Crippen LogP contribution in [0.4, 0.5) is 11.4 Å². The summed E-state index contributed by atoms with van der Waals surface area (Å²) in [7, 11) is -3.84. The Labute approximate surface area is 179 Å². The Balaban J connectivity index is 1.90. The predicted molar refractivity (Wildman–Crippen MR) is 121 cm³/mol. The fraction of sp³-hybridized carbons (Fsp3) is 0.435. The second kappa shape index (κ2) is 9.08. The number of nitrogens with one attached hydrogen (secondary N) is 3. The molecule has 1 saturated carbocycles. The van der Waals surface area contributed by atoms with Crippen LogP contribution in [0.3, 0.4) is 0 Å². The van der Waals surface area contributed by atoms with Crippen molar-refractivity contribution in [2.24, 2.45) is 5.41 Å². The molecule has 2 aromatic carbocycles. The lowest BCUT2D eigenvalue weighted by molar-refractivity contribution is 0.0937. The Hall–Kier alpha value is -2.54. The molecule has 1 aliphatic carbocycles. The summed E-state index contributed by atoms with van der Waals surface area (Å²) in [6, 6.07) is 13.6. The highest BCUT2D eigenvalue weighted by atomic mass is 32.2. The number of rotatable bonds is 7. The van der Waals surface area contributed by atoms with Crippen LogP contribution in [0.25, 0.3) is 0 Å². The molecule has 0 unspecified atom stereocenters. The van der Waals surface area contributed by atoms with Gasteiger partial charge in [-0.05, 0) is 48.6 Å². The molecule has 3 N–H and O–H groups in total. The van der Waals surface area contributed by atoms with E-state index in [0.717, 1.165) is 25.7 Å². The van der Waals surface area contributed by atoms with Crippen molar-refractivity contribution in [1.82, 2.24) is 5.32 Å². The van der Waals surface area contributed by atoms with Crippen molar-refractivity contribution in [3.63, 3.8) is 0 Å². The van der Waals surface area contributed by atoms with Crippen molar-refractivity contribution in [2.75, 3.05) is 16.6 Å². The summed E-state index contributed by atoms with van der Waals surface area (Å²) in [5, 5.41) is 6.32. The second-order valence-electron chi connectivity index (χ2n) is 9.09. The molecule has 0 bridgehead atoms. The fourth-order valence-electron chi connectivity index (χ4n) is 3.41. The highest BCUT2D eigenvalue weighted by Gasteiger charge is 2.22. The van der Waals surface area contributed by atoms with Crippen molar-refractivity contribution in [3.05, 3.63) is 54.1 Å². The summed E-state index contributed by atoms with van der Waals surface area (Å²) >= 11 is 0. The lowest BCUT2D eigenvalue weighted by Gasteiger charge is -2.21. The molecular weight excluding hydrogens is 398 g/mol. The first-order chi connectivity index (χ1) is 14.1. The van der Waals surface area contributed by atoms with Gasteiger partial charge in [-0.2, -0.15) is 0 Å². The van der Waals surface area contributed by atoms with E-state index >= 15 is 0 Å². The number of benzene rings is 2. The second-order valence-corrected chi connectivity index (χ2v) is 10.8. The Bertz CT molecular complexity index is 976.